The van der Waals surface area contributed by atoms with Crippen molar-refractivity contribution in [2.24, 2.45) is 0 Å². The second-order valence-corrected chi connectivity index (χ2v) is 8.92. The van der Waals surface area contributed by atoms with E-state index in [1.807, 2.05) is 50.2 Å². The highest BCUT2D eigenvalue weighted by Crippen LogP contribution is 2.33. The number of rotatable bonds is 7. The van der Waals surface area contributed by atoms with E-state index in [1.54, 1.807) is 11.8 Å². The summed E-state index contributed by atoms with van der Waals surface area (Å²) in [6, 6.07) is 20.5. The van der Waals surface area contributed by atoms with E-state index in [9.17, 15) is 0 Å². The van der Waals surface area contributed by atoms with Gasteiger partial charge in [0.25, 0.3) is 0 Å². The number of aromatic nitrogens is 6. The molecule has 5 aromatic rings. The summed E-state index contributed by atoms with van der Waals surface area (Å²) in [4.78, 5) is 9.36. The molecule has 166 valence electrons. The van der Waals surface area contributed by atoms with Gasteiger partial charge >= 0.3 is 0 Å². The maximum absolute atomic E-state index is 5.39. The van der Waals surface area contributed by atoms with Crippen molar-refractivity contribution >= 4 is 22.7 Å². The van der Waals surface area contributed by atoms with Crippen LogP contribution >= 0.6 is 11.8 Å². The van der Waals surface area contributed by atoms with Crippen LogP contribution < -0.4 is 0 Å². The Morgan fingerprint density at radius 2 is 1.76 bits per heavy atom. The molecule has 0 aliphatic heterocycles. The maximum Gasteiger partial charge on any atom is 0.237 e. The van der Waals surface area contributed by atoms with Gasteiger partial charge in [0.2, 0.25) is 5.89 Å². The minimum Gasteiger partial charge on any atom is -0.338 e. The van der Waals surface area contributed by atoms with Crippen LogP contribution in [0.15, 0.2) is 70.3 Å². The molecular formula is C25H24N6OS. The second kappa shape index (κ2) is 9.15. The summed E-state index contributed by atoms with van der Waals surface area (Å²) >= 11 is 1.55. The molecule has 0 radical (unpaired) electrons. The van der Waals surface area contributed by atoms with Gasteiger partial charge in [-0.2, -0.15) is 4.98 Å². The van der Waals surface area contributed by atoms with Gasteiger partial charge in [-0.15, -0.1) is 10.2 Å². The highest BCUT2D eigenvalue weighted by Gasteiger charge is 2.19. The summed E-state index contributed by atoms with van der Waals surface area (Å²) in [6.45, 7) is 6.93. The Balaban J connectivity index is 1.54. The first-order valence-corrected chi connectivity index (χ1v) is 12.0. The second-order valence-electron chi connectivity index (χ2n) is 7.98. The van der Waals surface area contributed by atoms with Gasteiger partial charge in [-0.25, -0.2) is 4.98 Å². The van der Waals surface area contributed by atoms with Crippen molar-refractivity contribution in [2.75, 3.05) is 0 Å². The molecule has 0 N–H and O–H groups in total. The Kier molecular flexibility index (Phi) is 5.92. The Bertz CT molecular complexity index is 1390. The first kappa shape index (κ1) is 21.3. The third-order valence-corrected chi connectivity index (χ3v) is 6.34. The summed E-state index contributed by atoms with van der Waals surface area (Å²) in [5.41, 5.74) is 3.93. The van der Waals surface area contributed by atoms with Crippen molar-refractivity contribution in [3.63, 3.8) is 0 Å². The van der Waals surface area contributed by atoms with E-state index in [-0.39, 0.29) is 5.92 Å². The first-order valence-electron chi connectivity index (χ1n) is 11.0. The number of para-hydroxylation sites is 1. The van der Waals surface area contributed by atoms with E-state index >= 15 is 0 Å². The normalized spacial score (nSPS) is 11.5. The highest BCUT2D eigenvalue weighted by molar-refractivity contribution is 7.98. The molecule has 0 saturated heterocycles. The molecule has 0 spiro atoms. The largest absolute Gasteiger partial charge is 0.338 e. The topological polar surface area (TPSA) is 82.5 Å². The number of hydrogen-bond donors (Lipinski definition) is 0. The smallest absolute Gasteiger partial charge is 0.237 e. The fraction of sp³-hybridized carbons (Fsp3) is 0.240. The van der Waals surface area contributed by atoms with Crippen molar-refractivity contribution in [2.45, 2.75) is 44.1 Å². The molecule has 0 unspecified atom stereocenters. The minimum absolute atomic E-state index is 0.233. The monoisotopic (exact) mass is 456 g/mol. The van der Waals surface area contributed by atoms with Gasteiger partial charge in [-0.05, 0) is 19.1 Å². The van der Waals surface area contributed by atoms with Gasteiger partial charge in [0.15, 0.2) is 16.8 Å². The Morgan fingerprint density at radius 3 is 2.52 bits per heavy atom. The molecule has 0 saturated carbocycles. The fourth-order valence-corrected chi connectivity index (χ4v) is 4.52. The summed E-state index contributed by atoms with van der Waals surface area (Å²) in [6.07, 6.45) is 0. The van der Waals surface area contributed by atoms with Gasteiger partial charge in [-0.1, -0.05) is 79.3 Å². The molecule has 0 bridgehead atoms. The summed E-state index contributed by atoms with van der Waals surface area (Å²) in [5.74, 6) is 2.92. The van der Waals surface area contributed by atoms with Gasteiger partial charge < -0.3 is 9.09 Å². The zero-order chi connectivity index (χ0) is 22.8. The zero-order valence-corrected chi connectivity index (χ0v) is 19.6. The van der Waals surface area contributed by atoms with E-state index in [4.69, 9.17) is 9.51 Å². The average Bonchev–Trinajstić information content (AvgIpc) is 3.49. The average molecular weight is 457 g/mol. The molecule has 0 aliphatic rings. The van der Waals surface area contributed by atoms with Crippen molar-refractivity contribution in [3.05, 3.63) is 72.4 Å². The van der Waals surface area contributed by atoms with E-state index in [2.05, 4.69) is 56.1 Å². The van der Waals surface area contributed by atoms with Gasteiger partial charge in [-0.3, -0.25) is 0 Å². The number of pyridine rings is 1. The Hall–Kier alpha value is -3.52. The third-order valence-electron chi connectivity index (χ3n) is 5.38. The molecule has 7 nitrogen and oxygen atoms in total. The molecule has 0 atom stereocenters. The van der Waals surface area contributed by atoms with E-state index in [1.165, 1.54) is 0 Å². The van der Waals surface area contributed by atoms with E-state index in [0.717, 1.165) is 51.1 Å². The van der Waals surface area contributed by atoms with Crippen LogP contribution in [-0.2, 0) is 12.3 Å². The third kappa shape index (κ3) is 4.26. The predicted octanol–water partition coefficient (Wildman–Crippen LogP) is 5.98. The van der Waals surface area contributed by atoms with Crippen LogP contribution in [0, 0.1) is 0 Å². The molecular weight excluding hydrogens is 432 g/mol. The van der Waals surface area contributed by atoms with Crippen molar-refractivity contribution in [1.29, 1.82) is 0 Å². The van der Waals surface area contributed by atoms with Gasteiger partial charge in [0, 0.05) is 29.0 Å². The van der Waals surface area contributed by atoms with Crippen LogP contribution in [0.3, 0.4) is 0 Å². The van der Waals surface area contributed by atoms with Crippen LogP contribution in [0.25, 0.3) is 33.5 Å². The molecule has 0 aliphatic carbocycles. The lowest BCUT2D eigenvalue weighted by Gasteiger charge is -2.11. The Morgan fingerprint density at radius 1 is 0.970 bits per heavy atom. The van der Waals surface area contributed by atoms with Gasteiger partial charge in [0.1, 0.15) is 0 Å². The van der Waals surface area contributed by atoms with Crippen LogP contribution in [0.1, 0.15) is 38.4 Å². The lowest BCUT2D eigenvalue weighted by molar-refractivity contribution is 0.382. The molecule has 8 heteroatoms. The minimum atomic E-state index is 0.233. The summed E-state index contributed by atoms with van der Waals surface area (Å²) in [5, 5.41) is 15.0. The molecule has 0 amide bonds. The van der Waals surface area contributed by atoms with Crippen molar-refractivity contribution in [1.82, 2.24) is 29.9 Å². The molecule has 3 aromatic heterocycles. The van der Waals surface area contributed by atoms with E-state index in [0.29, 0.717) is 11.6 Å². The van der Waals surface area contributed by atoms with Crippen molar-refractivity contribution < 1.29 is 4.52 Å². The van der Waals surface area contributed by atoms with Crippen LogP contribution in [0.5, 0.6) is 0 Å². The molecule has 33 heavy (non-hydrogen) atoms. The maximum atomic E-state index is 5.39. The molecule has 5 rings (SSSR count). The lowest BCUT2D eigenvalue weighted by atomic mass is 10.0. The van der Waals surface area contributed by atoms with Crippen LogP contribution in [0.4, 0.5) is 0 Å². The quantitative estimate of drug-likeness (QED) is 0.279. The highest BCUT2D eigenvalue weighted by atomic mass is 32.2. The van der Waals surface area contributed by atoms with Crippen LogP contribution in [0.2, 0.25) is 0 Å². The van der Waals surface area contributed by atoms with Crippen LogP contribution in [-0.4, -0.2) is 29.9 Å². The number of fused-ring (bicyclic) bond motifs is 1. The standard InChI is InChI=1S/C25H24N6OS/c1-4-31-24(28-29-25(31)33-15-22-27-23(16(2)3)30-32-22)19-14-21(17-10-6-5-7-11-17)26-20-13-9-8-12-18(19)20/h5-14,16H,4,15H2,1-3H3. The molecule has 3 heterocycles. The SMILES string of the molecule is CCn1c(SCc2nc(C(C)C)no2)nnc1-c1cc(-c2ccccc2)nc2ccccc12. The zero-order valence-electron chi connectivity index (χ0n) is 18.8. The number of hydrogen-bond acceptors (Lipinski definition) is 7. The van der Waals surface area contributed by atoms with Crippen molar-refractivity contribution in [3.8, 4) is 22.6 Å². The fourth-order valence-electron chi connectivity index (χ4n) is 3.68. The number of thioether (sulfide) groups is 1. The first-order chi connectivity index (χ1) is 16.1. The number of nitrogens with zero attached hydrogens (tertiary/aromatic N) is 6. The predicted molar refractivity (Wildman–Crippen MR) is 130 cm³/mol. The molecule has 0 fully saturated rings. The molecule has 2 aromatic carbocycles. The van der Waals surface area contributed by atoms with E-state index < -0.39 is 0 Å². The Labute approximate surface area is 196 Å². The summed E-state index contributed by atoms with van der Waals surface area (Å²) in [7, 11) is 0. The lowest BCUT2D eigenvalue weighted by Crippen LogP contribution is -2.01. The number of benzene rings is 2. The van der Waals surface area contributed by atoms with Gasteiger partial charge in [0.05, 0.1) is 17.0 Å². The summed E-state index contributed by atoms with van der Waals surface area (Å²) < 4.78 is 7.51.